The molecule has 0 spiro atoms. The molecular weight excluding hydrogens is 734 g/mol. The fraction of sp³-hybridized carbons (Fsp3) is 0.895. The van der Waals surface area contributed by atoms with Crippen LogP contribution in [-0.4, -0.2) is 104 Å². The third-order valence-corrected chi connectivity index (χ3v) is 14.6. The molecular formula is C38H74N4O10P2. The van der Waals surface area contributed by atoms with E-state index in [1.165, 1.54) is 12.8 Å². The van der Waals surface area contributed by atoms with Crippen molar-refractivity contribution >= 4 is 38.1 Å². The average molecular weight is 809 g/mol. The molecule has 0 heterocycles. The minimum atomic E-state index is -3.40. The van der Waals surface area contributed by atoms with Crippen molar-refractivity contribution in [3.63, 3.8) is 0 Å². The molecule has 16 heteroatoms. The van der Waals surface area contributed by atoms with Crippen molar-refractivity contribution < 1.29 is 48.3 Å². The number of nitrogens with two attached hydrogens (primary N) is 2. The van der Waals surface area contributed by atoms with E-state index >= 15 is 0 Å². The van der Waals surface area contributed by atoms with Crippen LogP contribution in [0.25, 0.3) is 0 Å². The maximum absolute atomic E-state index is 12.4. The number of aliphatic hydroxyl groups is 2. The lowest BCUT2D eigenvalue weighted by atomic mass is 9.91. The largest absolute Gasteiger partial charge is 0.393 e. The molecule has 0 aromatic rings. The Hall–Kier alpha value is -1.50. The highest BCUT2D eigenvalue weighted by Gasteiger charge is 2.32. The number of hydrogen-bond acceptors (Lipinski definition) is 10. The van der Waals surface area contributed by atoms with Gasteiger partial charge >= 0.3 is 0 Å². The van der Waals surface area contributed by atoms with E-state index in [1.807, 2.05) is 27.7 Å². The number of carbonyl (C=O) groups is 4. The van der Waals surface area contributed by atoms with Crippen LogP contribution >= 0.6 is 14.7 Å². The van der Waals surface area contributed by atoms with Gasteiger partial charge in [0, 0.05) is 25.2 Å². The Balaban J connectivity index is 0.000000540. The van der Waals surface area contributed by atoms with Crippen molar-refractivity contribution in [3.8, 4) is 0 Å². The lowest BCUT2D eigenvalue weighted by Gasteiger charge is -2.25. The maximum Gasteiger partial charge on any atom is 0.237 e. The summed E-state index contributed by atoms with van der Waals surface area (Å²) in [4.78, 5) is 68.8. The second kappa shape index (κ2) is 25.0. The molecule has 316 valence electrons. The number of nitrogens with one attached hydrogen (secondary N) is 2. The van der Waals surface area contributed by atoms with Gasteiger partial charge in [-0.15, -0.1) is 0 Å². The normalized spacial score (nSPS) is 21.3. The Morgan fingerprint density at radius 3 is 1.15 bits per heavy atom. The van der Waals surface area contributed by atoms with Crippen LogP contribution in [0.5, 0.6) is 0 Å². The van der Waals surface area contributed by atoms with E-state index in [9.17, 15) is 48.3 Å². The summed E-state index contributed by atoms with van der Waals surface area (Å²) in [5.74, 6) is -0.856. The number of aliphatic hydroxyl groups excluding tert-OH is 2. The fourth-order valence-corrected chi connectivity index (χ4v) is 11.6. The summed E-state index contributed by atoms with van der Waals surface area (Å²) >= 11 is 0. The molecule has 10 N–H and O–H groups in total. The van der Waals surface area contributed by atoms with E-state index in [4.69, 9.17) is 11.5 Å². The molecule has 2 amide bonds. The van der Waals surface area contributed by atoms with Crippen LogP contribution in [0.3, 0.4) is 0 Å². The van der Waals surface area contributed by atoms with Gasteiger partial charge in [-0.25, -0.2) is 0 Å². The smallest absolute Gasteiger partial charge is 0.237 e. The van der Waals surface area contributed by atoms with E-state index in [-0.39, 0.29) is 85.6 Å². The first-order valence-electron chi connectivity index (χ1n) is 20.2. The standard InChI is InChI=1S/2C19H37N2O5P/c2*1-13(2)18(21-19(24)14(3)20)17(23)10-9-16(22)12-27(25,26)11-15-7-5-4-6-8-15/h2*13-16,18,22H,4-12,20H2,1-3H3,(H,21,24)(H,25,26)/t14-,16+,18+;14-,16+,18-/m00/s1. The summed E-state index contributed by atoms with van der Waals surface area (Å²) in [6.07, 6.45) is 9.23. The molecule has 0 saturated heterocycles. The Bertz CT molecular complexity index is 1160. The fourth-order valence-electron chi connectivity index (χ4n) is 7.27. The van der Waals surface area contributed by atoms with Gasteiger partial charge in [-0.1, -0.05) is 66.2 Å². The summed E-state index contributed by atoms with van der Waals surface area (Å²) in [5.41, 5.74) is 11.1. The van der Waals surface area contributed by atoms with Crippen LogP contribution in [0, 0.1) is 23.7 Å². The summed E-state index contributed by atoms with van der Waals surface area (Å²) in [7, 11) is -6.81. The number of rotatable bonds is 22. The Kier molecular flexibility index (Phi) is 23.4. The zero-order chi connectivity index (χ0) is 41.2. The summed E-state index contributed by atoms with van der Waals surface area (Å²) in [6, 6.07) is -2.74. The molecule has 14 nitrogen and oxygen atoms in total. The first kappa shape index (κ1) is 50.5. The first-order chi connectivity index (χ1) is 25.0. The third-order valence-electron chi connectivity index (χ3n) is 10.4. The topological polar surface area (TPSA) is 259 Å². The van der Waals surface area contributed by atoms with Crippen LogP contribution in [0.4, 0.5) is 0 Å². The molecule has 0 aliphatic heterocycles. The van der Waals surface area contributed by atoms with Gasteiger partial charge in [-0.2, -0.15) is 0 Å². The van der Waals surface area contributed by atoms with Crippen LogP contribution in [0.15, 0.2) is 0 Å². The zero-order valence-corrected chi connectivity index (χ0v) is 35.6. The predicted molar refractivity (Wildman–Crippen MR) is 214 cm³/mol. The number of ketones is 2. The average Bonchev–Trinajstić information content (AvgIpc) is 3.07. The van der Waals surface area contributed by atoms with Gasteiger partial charge in [-0.05, 0) is 76.0 Å². The molecule has 2 aliphatic carbocycles. The highest BCUT2D eigenvalue weighted by atomic mass is 31.2. The summed E-state index contributed by atoms with van der Waals surface area (Å²) in [6.45, 7) is 10.4. The third kappa shape index (κ3) is 21.1. The second-order valence-corrected chi connectivity index (χ2v) is 21.6. The molecule has 0 aromatic carbocycles. The highest BCUT2D eigenvalue weighted by molar-refractivity contribution is 7.58. The van der Waals surface area contributed by atoms with Crippen molar-refractivity contribution in [1.82, 2.24) is 10.6 Å². The quantitative estimate of drug-likeness (QED) is 0.0721. The molecule has 8 atom stereocenters. The first-order valence-corrected chi connectivity index (χ1v) is 24.2. The predicted octanol–water partition coefficient (Wildman–Crippen LogP) is 4.07. The van der Waals surface area contributed by atoms with Crippen LogP contribution in [-0.2, 0) is 28.3 Å². The van der Waals surface area contributed by atoms with E-state index in [1.54, 1.807) is 13.8 Å². The molecule has 2 rings (SSSR count). The van der Waals surface area contributed by atoms with Gasteiger partial charge < -0.3 is 42.1 Å². The Labute approximate surface area is 324 Å². The minimum Gasteiger partial charge on any atom is -0.393 e. The van der Waals surface area contributed by atoms with Crippen molar-refractivity contribution in [2.24, 2.45) is 35.1 Å². The summed E-state index contributed by atoms with van der Waals surface area (Å²) < 4.78 is 24.9. The molecule has 2 unspecified atom stereocenters. The van der Waals surface area contributed by atoms with Gasteiger partial charge in [-0.3, -0.25) is 28.3 Å². The second-order valence-electron chi connectivity index (χ2n) is 16.8. The van der Waals surface area contributed by atoms with Crippen LogP contribution in [0.2, 0.25) is 0 Å². The molecule has 2 aliphatic rings. The monoisotopic (exact) mass is 808 g/mol. The molecule has 2 saturated carbocycles. The van der Waals surface area contributed by atoms with E-state index in [0.29, 0.717) is 0 Å². The molecule has 0 radical (unpaired) electrons. The maximum atomic E-state index is 12.4. The zero-order valence-electron chi connectivity index (χ0n) is 33.8. The molecule has 54 heavy (non-hydrogen) atoms. The molecule has 0 aromatic heterocycles. The minimum absolute atomic E-state index is 0.0483. The number of carbonyl (C=O) groups excluding carboxylic acids is 4. The van der Waals surface area contributed by atoms with Crippen LogP contribution < -0.4 is 22.1 Å². The van der Waals surface area contributed by atoms with Crippen molar-refractivity contribution in [1.29, 1.82) is 0 Å². The van der Waals surface area contributed by atoms with Gasteiger partial charge in [0.25, 0.3) is 0 Å². The molecule has 2 fully saturated rings. The lowest BCUT2D eigenvalue weighted by molar-refractivity contribution is -0.129. The number of hydrogen-bond donors (Lipinski definition) is 8. The van der Waals surface area contributed by atoms with E-state index in [0.717, 1.165) is 51.4 Å². The van der Waals surface area contributed by atoms with Gasteiger partial charge in [0.15, 0.2) is 11.6 Å². The SMILES string of the molecule is CC(C)[C@@H](NC(=O)[C@H](C)N)C(=O)CC[C@@H](O)CP(=O)(O)CC1CCCCC1.CC(C)[C@H](NC(=O)[C@H](C)N)C(=O)CC[C@@H](O)CP(=O)(O)CC1CCCCC1. The number of amides is 2. The Morgan fingerprint density at radius 1 is 0.593 bits per heavy atom. The summed E-state index contributed by atoms with van der Waals surface area (Å²) in [5, 5.41) is 25.6. The number of Topliss-reactive ketones (excluding diaryl/α,β-unsaturated/α-hetero) is 2. The van der Waals surface area contributed by atoms with Crippen molar-refractivity contribution in [3.05, 3.63) is 0 Å². The van der Waals surface area contributed by atoms with Crippen molar-refractivity contribution in [2.75, 3.05) is 24.6 Å². The van der Waals surface area contributed by atoms with Gasteiger partial charge in [0.2, 0.25) is 26.6 Å². The highest BCUT2D eigenvalue weighted by Crippen LogP contribution is 2.47. The van der Waals surface area contributed by atoms with Gasteiger partial charge in [0.05, 0.1) is 48.7 Å². The van der Waals surface area contributed by atoms with Crippen molar-refractivity contribution in [2.45, 2.75) is 168 Å². The van der Waals surface area contributed by atoms with E-state index in [2.05, 4.69) is 10.6 Å². The van der Waals surface area contributed by atoms with Gasteiger partial charge in [0.1, 0.15) is 0 Å². The molecule has 0 bridgehead atoms. The lowest BCUT2D eigenvalue weighted by Crippen LogP contribution is -2.49. The van der Waals surface area contributed by atoms with E-state index < -0.39 is 62.9 Å². The Morgan fingerprint density at radius 2 is 0.889 bits per heavy atom. The van der Waals surface area contributed by atoms with Crippen LogP contribution in [0.1, 0.15) is 131 Å².